The molecule has 15 nitrogen and oxygen atoms in total. The molecule has 0 saturated heterocycles. The molecule has 1 aromatic heterocycles. The van der Waals surface area contributed by atoms with Crippen LogP contribution in [0.2, 0.25) is 0 Å². The van der Waals surface area contributed by atoms with Crippen LogP contribution < -0.4 is 21.4 Å². The van der Waals surface area contributed by atoms with Crippen molar-refractivity contribution in [2.45, 2.75) is 72.6 Å². The second-order valence-electron chi connectivity index (χ2n) is 16.0. The van der Waals surface area contributed by atoms with E-state index in [1.807, 2.05) is 121 Å². The summed E-state index contributed by atoms with van der Waals surface area (Å²) in [7, 11) is 2.84. The van der Waals surface area contributed by atoms with E-state index in [-0.39, 0.29) is 26.3 Å². The molecule has 3 rings (SSSR count). The third-order valence-electron chi connectivity index (χ3n) is 9.02. The van der Waals surface area contributed by atoms with E-state index in [1.54, 1.807) is 18.3 Å². The van der Waals surface area contributed by atoms with Gasteiger partial charge in [0.05, 0.1) is 45.8 Å². The lowest BCUT2D eigenvalue weighted by atomic mass is 9.86. The van der Waals surface area contributed by atoms with Gasteiger partial charge in [0.25, 0.3) is 5.91 Å². The summed E-state index contributed by atoms with van der Waals surface area (Å²) < 4.78 is 25.9. The van der Waals surface area contributed by atoms with Gasteiger partial charge < -0.3 is 39.6 Å². The zero-order chi connectivity index (χ0) is 43.3. The molecule has 2 aromatic carbocycles. The summed E-state index contributed by atoms with van der Waals surface area (Å²) in [6.07, 6.45) is 2.59. The Morgan fingerprint density at radius 2 is 1.27 bits per heavy atom. The van der Waals surface area contributed by atoms with Gasteiger partial charge in [-0.05, 0) is 40.5 Å². The largest absolute Gasteiger partial charge is 0.453 e. The number of benzene rings is 2. The summed E-state index contributed by atoms with van der Waals surface area (Å²) >= 11 is 0. The van der Waals surface area contributed by atoms with E-state index in [4.69, 9.17) is 23.7 Å². The molecule has 0 fully saturated rings. The Balaban J connectivity index is 1.79. The molecule has 0 bridgehead atoms. The van der Waals surface area contributed by atoms with Crippen molar-refractivity contribution in [3.05, 3.63) is 96.5 Å². The van der Waals surface area contributed by atoms with E-state index in [1.165, 1.54) is 7.11 Å². The van der Waals surface area contributed by atoms with E-state index in [9.17, 15) is 19.2 Å². The number of nitrogens with zero attached hydrogens (tertiary/aromatic N) is 2. The molecular formula is C44H63N6O9. The van der Waals surface area contributed by atoms with Gasteiger partial charge in [-0.3, -0.25) is 20.0 Å². The van der Waals surface area contributed by atoms with Crippen molar-refractivity contribution in [2.24, 2.45) is 10.8 Å². The maximum absolute atomic E-state index is 14.1. The third-order valence-corrected chi connectivity index (χ3v) is 9.02. The highest BCUT2D eigenvalue weighted by molar-refractivity contribution is 5.87. The van der Waals surface area contributed by atoms with Crippen LogP contribution in [0.25, 0.3) is 11.3 Å². The first-order valence-corrected chi connectivity index (χ1v) is 19.8. The molecule has 1 radical (unpaired) electrons. The Bertz CT molecular complexity index is 1700. The van der Waals surface area contributed by atoms with Crippen LogP contribution in [0, 0.1) is 17.3 Å². The van der Waals surface area contributed by atoms with Crippen LogP contribution in [0.15, 0.2) is 79.0 Å². The predicted molar refractivity (Wildman–Crippen MR) is 225 cm³/mol. The number of rotatable bonds is 23. The summed E-state index contributed by atoms with van der Waals surface area (Å²) in [5.74, 6) is -0.853. The first-order valence-electron chi connectivity index (χ1n) is 19.8. The molecule has 3 aromatic rings. The van der Waals surface area contributed by atoms with Crippen molar-refractivity contribution < 1.29 is 42.9 Å². The van der Waals surface area contributed by atoms with E-state index >= 15 is 0 Å². The van der Waals surface area contributed by atoms with Crippen molar-refractivity contribution >= 4 is 24.0 Å². The van der Waals surface area contributed by atoms with Crippen molar-refractivity contribution in [2.75, 3.05) is 60.4 Å². The maximum Gasteiger partial charge on any atom is 0.407 e. The van der Waals surface area contributed by atoms with Crippen LogP contribution >= 0.6 is 0 Å². The SMILES string of the molecule is COCCOCCOCCOC(=O)N[C@@H](C(=O)NC([CH]CN(Cc1ccc(-c2ccccn2)cc1)NC(=O)[C@H](NC(=O)OC)C(C)(C)C)Cc1ccccc1)C(C)(C)C. The number of alkyl carbamates (subject to hydrolysis) is 2. The van der Waals surface area contributed by atoms with Gasteiger partial charge in [-0.25, -0.2) is 14.6 Å². The highest BCUT2D eigenvalue weighted by Gasteiger charge is 2.36. The zero-order valence-electron chi connectivity index (χ0n) is 35.7. The molecule has 0 aliphatic heterocycles. The van der Waals surface area contributed by atoms with Crippen LogP contribution in [-0.4, -0.2) is 113 Å². The fraction of sp³-hybridized carbons (Fsp3) is 0.500. The van der Waals surface area contributed by atoms with Gasteiger partial charge in [0, 0.05) is 44.4 Å². The number of pyridine rings is 1. The average Bonchev–Trinajstić information content (AvgIpc) is 3.20. The van der Waals surface area contributed by atoms with Crippen molar-refractivity contribution in [1.82, 2.24) is 31.4 Å². The van der Waals surface area contributed by atoms with Crippen molar-refractivity contribution in [3.63, 3.8) is 0 Å². The van der Waals surface area contributed by atoms with E-state index < -0.39 is 53.0 Å². The second-order valence-corrected chi connectivity index (χ2v) is 16.0. The molecule has 0 saturated carbocycles. The Morgan fingerprint density at radius 3 is 1.86 bits per heavy atom. The highest BCUT2D eigenvalue weighted by atomic mass is 16.6. The molecule has 4 N–H and O–H groups in total. The molecule has 3 atom stereocenters. The normalized spacial score (nSPS) is 13.2. The van der Waals surface area contributed by atoms with Gasteiger partial charge in [-0.1, -0.05) is 102 Å². The smallest absolute Gasteiger partial charge is 0.407 e. The zero-order valence-corrected chi connectivity index (χ0v) is 35.7. The third kappa shape index (κ3) is 18.2. The predicted octanol–water partition coefficient (Wildman–Crippen LogP) is 5.10. The molecule has 323 valence electrons. The minimum absolute atomic E-state index is 0.00849. The first-order chi connectivity index (χ1) is 28.1. The van der Waals surface area contributed by atoms with E-state index in [0.29, 0.717) is 32.8 Å². The molecule has 0 spiro atoms. The lowest BCUT2D eigenvalue weighted by Crippen LogP contribution is -2.58. The van der Waals surface area contributed by atoms with Gasteiger partial charge in [0.15, 0.2) is 0 Å². The maximum atomic E-state index is 14.1. The summed E-state index contributed by atoms with van der Waals surface area (Å²) in [4.78, 5) is 57.6. The number of ether oxygens (including phenoxy) is 5. The lowest BCUT2D eigenvalue weighted by Gasteiger charge is -2.34. The molecule has 4 amide bonds. The van der Waals surface area contributed by atoms with Crippen LogP contribution in [-0.2, 0) is 46.2 Å². The van der Waals surface area contributed by atoms with Gasteiger partial charge >= 0.3 is 12.2 Å². The molecule has 0 aliphatic rings. The number of carbonyl (C=O) groups excluding carboxylic acids is 4. The van der Waals surface area contributed by atoms with Gasteiger partial charge in [-0.15, -0.1) is 0 Å². The molecule has 0 aliphatic carbocycles. The van der Waals surface area contributed by atoms with Crippen LogP contribution in [0.3, 0.4) is 0 Å². The molecule has 1 heterocycles. The second kappa shape index (κ2) is 24.7. The summed E-state index contributed by atoms with van der Waals surface area (Å²) in [6, 6.07) is 20.8. The summed E-state index contributed by atoms with van der Waals surface area (Å²) in [5, 5.41) is 10.3. The topological polar surface area (TPSA) is 179 Å². The van der Waals surface area contributed by atoms with E-state index in [2.05, 4.69) is 26.4 Å². The fourth-order valence-corrected chi connectivity index (χ4v) is 5.83. The highest BCUT2D eigenvalue weighted by Crippen LogP contribution is 2.22. The van der Waals surface area contributed by atoms with E-state index in [0.717, 1.165) is 22.4 Å². The number of hydrogen-bond acceptors (Lipinski definition) is 11. The first kappa shape index (κ1) is 48.3. The molecule has 15 heteroatoms. The number of carbonyl (C=O) groups is 4. The number of nitrogens with one attached hydrogen (secondary N) is 4. The Kier molecular flexibility index (Phi) is 20.2. The van der Waals surface area contributed by atoms with Crippen molar-refractivity contribution in [1.29, 1.82) is 0 Å². The Hall–Kier alpha value is -5.09. The number of methoxy groups -OCH3 is 2. The minimum Gasteiger partial charge on any atom is -0.453 e. The number of aromatic nitrogens is 1. The molecular weight excluding hydrogens is 757 g/mol. The number of amides is 4. The van der Waals surface area contributed by atoms with Crippen LogP contribution in [0.5, 0.6) is 0 Å². The minimum atomic E-state index is -0.956. The van der Waals surface area contributed by atoms with Crippen LogP contribution in [0.1, 0.15) is 52.7 Å². The Labute approximate surface area is 349 Å². The lowest BCUT2D eigenvalue weighted by molar-refractivity contribution is -0.131. The van der Waals surface area contributed by atoms with Gasteiger partial charge in [0.1, 0.15) is 18.7 Å². The van der Waals surface area contributed by atoms with Gasteiger partial charge in [-0.2, -0.15) is 0 Å². The fourth-order valence-electron chi connectivity index (χ4n) is 5.83. The molecule has 1 unspecified atom stereocenters. The van der Waals surface area contributed by atoms with Crippen LogP contribution in [0.4, 0.5) is 9.59 Å². The van der Waals surface area contributed by atoms with Crippen molar-refractivity contribution in [3.8, 4) is 11.3 Å². The monoisotopic (exact) mass is 819 g/mol. The average molecular weight is 820 g/mol. The number of hydrazine groups is 1. The van der Waals surface area contributed by atoms with Gasteiger partial charge in [0.2, 0.25) is 5.91 Å². The Morgan fingerprint density at radius 1 is 0.678 bits per heavy atom. The molecule has 59 heavy (non-hydrogen) atoms. The quantitative estimate of drug-likeness (QED) is 0.0739. The number of hydrogen-bond donors (Lipinski definition) is 4. The summed E-state index contributed by atoms with van der Waals surface area (Å²) in [6.45, 7) is 13.4. The standard InChI is InChI=1S/C44H63N6O9/c1-43(2,3)37(48-42(54)59-29-28-58-27-26-57-25-24-55-7)39(51)46-35(30-32-14-10-9-11-15-32)21-23-50(49-40(52)38(44(4,5)6)47-41(53)56-8)31-33-17-19-34(20-18-33)36-16-12-13-22-45-36/h9-22,35,37-38H,23-31H2,1-8H3,(H,46,51)(H,47,53)(H,48,54)(H,49,52)/t35?,37-,38-/m0/s1. The summed E-state index contributed by atoms with van der Waals surface area (Å²) in [5.41, 5.74) is 5.29.